The van der Waals surface area contributed by atoms with Crippen LogP contribution in [0.2, 0.25) is 0 Å². The highest BCUT2D eigenvalue weighted by Crippen LogP contribution is 2.22. The van der Waals surface area contributed by atoms with Gasteiger partial charge in [-0.15, -0.1) is 0 Å². The monoisotopic (exact) mass is 285 g/mol. The maximum absolute atomic E-state index is 13.2. The summed E-state index contributed by atoms with van der Waals surface area (Å²) in [6, 6.07) is 7.02. The van der Waals surface area contributed by atoms with E-state index in [9.17, 15) is 13.6 Å². The standard InChI is InChI=1S/C15H9F2N3O/c16-12-2-1-3-14(5-12)20-8-11(9-21)15(19-20)10-4-13(17)7-18-6-10/h1-9H. The predicted molar refractivity (Wildman–Crippen MR) is 72.1 cm³/mol. The second-order valence-corrected chi connectivity index (χ2v) is 4.37. The minimum atomic E-state index is -0.523. The molecule has 2 aromatic heterocycles. The van der Waals surface area contributed by atoms with E-state index in [0.29, 0.717) is 23.2 Å². The lowest BCUT2D eigenvalue weighted by Crippen LogP contribution is -1.95. The van der Waals surface area contributed by atoms with Gasteiger partial charge >= 0.3 is 0 Å². The molecule has 0 atom stereocenters. The number of carbonyl (C=O) groups is 1. The van der Waals surface area contributed by atoms with E-state index in [4.69, 9.17) is 0 Å². The summed E-state index contributed by atoms with van der Waals surface area (Å²) in [5.41, 5.74) is 1.41. The first-order valence-corrected chi connectivity index (χ1v) is 6.09. The molecule has 104 valence electrons. The highest BCUT2D eigenvalue weighted by atomic mass is 19.1. The molecule has 0 bridgehead atoms. The first-order chi connectivity index (χ1) is 10.2. The minimum absolute atomic E-state index is 0.270. The molecule has 0 N–H and O–H groups in total. The zero-order valence-electron chi connectivity index (χ0n) is 10.7. The van der Waals surface area contributed by atoms with Crippen molar-refractivity contribution in [3.05, 3.63) is 66.1 Å². The van der Waals surface area contributed by atoms with Gasteiger partial charge in [-0.05, 0) is 24.3 Å². The third-order valence-corrected chi connectivity index (χ3v) is 2.92. The first-order valence-electron chi connectivity index (χ1n) is 6.09. The van der Waals surface area contributed by atoms with Gasteiger partial charge in [0, 0.05) is 18.0 Å². The van der Waals surface area contributed by atoms with Crippen LogP contribution in [0.4, 0.5) is 8.78 Å². The van der Waals surface area contributed by atoms with Crippen LogP contribution >= 0.6 is 0 Å². The normalized spacial score (nSPS) is 10.6. The molecular weight excluding hydrogens is 276 g/mol. The molecule has 2 heterocycles. The molecule has 0 spiro atoms. The molecule has 0 aliphatic rings. The summed E-state index contributed by atoms with van der Waals surface area (Å²) in [4.78, 5) is 14.9. The van der Waals surface area contributed by atoms with Gasteiger partial charge in [-0.2, -0.15) is 5.10 Å². The number of nitrogens with zero attached hydrogens (tertiary/aromatic N) is 3. The Balaban J connectivity index is 2.13. The summed E-state index contributed by atoms with van der Waals surface area (Å²) in [6.45, 7) is 0. The highest BCUT2D eigenvalue weighted by molar-refractivity contribution is 5.85. The minimum Gasteiger partial charge on any atom is -0.298 e. The van der Waals surface area contributed by atoms with Crippen molar-refractivity contribution in [1.29, 1.82) is 0 Å². The van der Waals surface area contributed by atoms with E-state index < -0.39 is 11.6 Å². The van der Waals surface area contributed by atoms with Crippen LogP contribution in [0.15, 0.2) is 48.9 Å². The van der Waals surface area contributed by atoms with Crippen LogP contribution in [-0.2, 0) is 0 Å². The van der Waals surface area contributed by atoms with Gasteiger partial charge in [0.05, 0.1) is 17.4 Å². The molecule has 0 aliphatic carbocycles. The summed E-state index contributed by atoms with van der Waals surface area (Å²) < 4.78 is 27.9. The van der Waals surface area contributed by atoms with E-state index in [1.807, 2.05) is 0 Å². The molecule has 6 heteroatoms. The summed E-state index contributed by atoms with van der Waals surface area (Å²) >= 11 is 0. The van der Waals surface area contributed by atoms with Crippen LogP contribution in [0.3, 0.4) is 0 Å². The van der Waals surface area contributed by atoms with Gasteiger partial charge in [-0.3, -0.25) is 9.78 Å². The number of aldehydes is 1. The van der Waals surface area contributed by atoms with Crippen LogP contribution in [-0.4, -0.2) is 21.1 Å². The van der Waals surface area contributed by atoms with E-state index in [0.717, 1.165) is 6.20 Å². The first kappa shape index (κ1) is 13.1. The van der Waals surface area contributed by atoms with Crippen molar-refractivity contribution in [3.8, 4) is 16.9 Å². The number of pyridine rings is 1. The SMILES string of the molecule is O=Cc1cn(-c2cccc(F)c2)nc1-c1cncc(F)c1. The predicted octanol–water partition coefficient (Wildman–Crippen LogP) is 3.03. The number of benzene rings is 1. The molecule has 1 aromatic carbocycles. The second-order valence-electron chi connectivity index (χ2n) is 4.37. The van der Waals surface area contributed by atoms with E-state index >= 15 is 0 Å². The third kappa shape index (κ3) is 2.55. The number of carbonyl (C=O) groups excluding carboxylic acids is 1. The molecule has 0 saturated heterocycles. The molecule has 3 rings (SSSR count). The average Bonchev–Trinajstić information content (AvgIpc) is 2.91. The molecule has 4 nitrogen and oxygen atoms in total. The Bertz CT molecular complexity index is 814. The van der Waals surface area contributed by atoms with E-state index in [1.165, 1.54) is 41.3 Å². The Morgan fingerprint density at radius 1 is 1.10 bits per heavy atom. The second kappa shape index (κ2) is 5.24. The number of aromatic nitrogens is 3. The van der Waals surface area contributed by atoms with Gasteiger partial charge in [0.2, 0.25) is 0 Å². The fourth-order valence-corrected chi connectivity index (χ4v) is 1.99. The topological polar surface area (TPSA) is 47.8 Å². The quantitative estimate of drug-likeness (QED) is 0.695. The molecule has 0 saturated carbocycles. The molecule has 3 aromatic rings. The van der Waals surface area contributed by atoms with Crippen molar-refractivity contribution < 1.29 is 13.6 Å². The van der Waals surface area contributed by atoms with Crippen molar-refractivity contribution in [2.45, 2.75) is 0 Å². The van der Waals surface area contributed by atoms with Gasteiger partial charge in [-0.25, -0.2) is 13.5 Å². The van der Waals surface area contributed by atoms with Gasteiger partial charge < -0.3 is 0 Å². The Morgan fingerprint density at radius 3 is 2.67 bits per heavy atom. The number of hydrogen-bond donors (Lipinski definition) is 0. The Morgan fingerprint density at radius 2 is 1.95 bits per heavy atom. The van der Waals surface area contributed by atoms with E-state index in [1.54, 1.807) is 6.07 Å². The van der Waals surface area contributed by atoms with Crippen LogP contribution < -0.4 is 0 Å². The fraction of sp³-hybridized carbons (Fsp3) is 0. The molecule has 0 aliphatic heterocycles. The van der Waals surface area contributed by atoms with Crippen molar-refractivity contribution in [2.24, 2.45) is 0 Å². The van der Waals surface area contributed by atoms with Crippen molar-refractivity contribution >= 4 is 6.29 Å². The molecule has 0 radical (unpaired) electrons. The number of rotatable bonds is 3. The van der Waals surface area contributed by atoms with Crippen LogP contribution in [0, 0.1) is 11.6 Å². The Kier molecular flexibility index (Phi) is 3.27. The fourth-order valence-electron chi connectivity index (χ4n) is 1.99. The van der Waals surface area contributed by atoms with Crippen LogP contribution in [0.1, 0.15) is 10.4 Å². The lowest BCUT2D eigenvalue weighted by Gasteiger charge is -2.01. The number of hydrogen-bond acceptors (Lipinski definition) is 3. The van der Waals surface area contributed by atoms with E-state index in [-0.39, 0.29) is 5.56 Å². The Labute approximate surface area is 118 Å². The summed E-state index contributed by atoms with van der Waals surface area (Å²) in [6.07, 6.45) is 4.55. The number of halogens is 2. The van der Waals surface area contributed by atoms with Crippen molar-refractivity contribution in [2.75, 3.05) is 0 Å². The van der Waals surface area contributed by atoms with Gasteiger partial charge in [0.15, 0.2) is 6.29 Å². The molecule has 0 unspecified atom stereocenters. The maximum Gasteiger partial charge on any atom is 0.153 e. The van der Waals surface area contributed by atoms with Gasteiger partial charge in [0.1, 0.15) is 17.3 Å². The highest BCUT2D eigenvalue weighted by Gasteiger charge is 2.13. The summed E-state index contributed by atoms with van der Waals surface area (Å²) in [5.74, 6) is -0.936. The summed E-state index contributed by atoms with van der Waals surface area (Å²) in [5, 5.41) is 4.22. The van der Waals surface area contributed by atoms with Gasteiger partial charge in [-0.1, -0.05) is 6.07 Å². The lowest BCUT2D eigenvalue weighted by atomic mass is 10.1. The van der Waals surface area contributed by atoms with E-state index in [2.05, 4.69) is 10.1 Å². The summed E-state index contributed by atoms with van der Waals surface area (Å²) in [7, 11) is 0. The molecule has 0 fully saturated rings. The smallest absolute Gasteiger partial charge is 0.153 e. The largest absolute Gasteiger partial charge is 0.298 e. The third-order valence-electron chi connectivity index (χ3n) is 2.92. The zero-order valence-corrected chi connectivity index (χ0v) is 10.7. The average molecular weight is 285 g/mol. The van der Waals surface area contributed by atoms with Crippen LogP contribution in [0.5, 0.6) is 0 Å². The van der Waals surface area contributed by atoms with Gasteiger partial charge in [0.25, 0.3) is 0 Å². The molecule has 0 amide bonds. The molecular formula is C15H9F2N3O. The van der Waals surface area contributed by atoms with Crippen LogP contribution in [0.25, 0.3) is 16.9 Å². The van der Waals surface area contributed by atoms with Crippen molar-refractivity contribution in [1.82, 2.24) is 14.8 Å². The lowest BCUT2D eigenvalue weighted by molar-refractivity contribution is 0.112. The molecule has 21 heavy (non-hydrogen) atoms. The van der Waals surface area contributed by atoms with Crippen molar-refractivity contribution in [3.63, 3.8) is 0 Å². The maximum atomic E-state index is 13.2. The Hall–Kier alpha value is -2.89. The zero-order chi connectivity index (χ0) is 14.8.